The van der Waals surface area contributed by atoms with Gasteiger partial charge in [-0.1, -0.05) is 6.42 Å². The Bertz CT molecular complexity index is 407. The van der Waals surface area contributed by atoms with Crippen molar-refractivity contribution in [1.82, 2.24) is 10.2 Å². The molecule has 0 spiro atoms. The van der Waals surface area contributed by atoms with Crippen LogP contribution < -0.4 is 5.32 Å². The SMILES string of the molecule is C[C@@H]([C@H]1C[C@H]2CC[C@H]1C2)N1C(=O)NC(=O)C1=O. The number of hydrogen-bond donors (Lipinski definition) is 1. The summed E-state index contributed by atoms with van der Waals surface area (Å²) >= 11 is 0. The summed E-state index contributed by atoms with van der Waals surface area (Å²) in [7, 11) is 0. The molecule has 4 atom stereocenters. The van der Waals surface area contributed by atoms with Crippen LogP contribution in [-0.2, 0) is 9.59 Å². The third-order valence-corrected chi connectivity index (χ3v) is 4.67. The average Bonchev–Trinajstić information content (AvgIpc) is 2.94. The molecule has 3 rings (SSSR count). The summed E-state index contributed by atoms with van der Waals surface area (Å²) in [5, 5.41) is 2.06. The number of hydrogen-bond acceptors (Lipinski definition) is 3. The molecular weight excluding hydrogens is 220 g/mol. The number of nitrogens with one attached hydrogen (secondary N) is 1. The normalized spacial score (nSPS) is 37.8. The van der Waals surface area contributed by atoms with E-state index in [2.05, 4.69) is 5.32 Å². The van der Waals surface area contributed by atoms with Gasteiger partial charge in [-0.3, -0.25) is 19.8 Å². The monoisotopic (exact) mass is 236 g/mol. The van der Waals surface area contributed by atoms with Gasteiger partial charge in [-0.25, -0.2) is 4.79 Å². The lowest BCUT2D eigenvalue weighted by atomic mass is 9.83. The van der Waals surface area contributed by atoms with Crippen molar-refractivity contribution in [2.75, 3.05) is 0 Å². The fraction of sp³-hybridized carbons (Fsp3) is 0.750. The van der Waals surface area contributed by atoms with Gasteiger partial charge in [0.2, 0.25) is 0 Å². The fourth-order valence-corrected chi connectivity index (χ4v) is 3.86. The third-order valence-electron chi connectivity index (χ3n) is 4.67. The molecule has 0 aromatic carbocycles. The average molecular weight is 236 g/mol. The number of carbonyl (C=O) groups excluding carboxylic acids is 3. The third kappa shape index (κ3) is 1.48. The van der Waals surface area contributed by atoms with Gasteiger partial charge in [0.1, 0.15) is 0 Å². The van der Waals surface area contributed by atoms with Crippen LogP contribution in [0.4, 0.5) is 4.79 Å². The largest absolute Gasteiger partial charge is 0.331 e. The highest BCUT2D eigenvalue weighted by molar-refractivity contribution is 6.44. The van der Waals surface area contributed by atoms with Crippen molar-refractivity contribution in [3.05, 3.63) is 0 Å². The lowest BCUT2D eigenvalue weighted by Crippen LogP contribution is -2.44. The molecule has 92 valence electrons. The number of imide groups is 2. The minimum absolute atomic E-state index is 0.149. The molecule has 5 nitrogen and oxygen atoms in total. The van der Waals surface area contributed by atoms with Crippen molar-refractivity contribution in [3.63, 3.8) is 0 Å². The van der Waals surface area contributed by atoms with Gasteiger partial charge in [-0.2, -0.15) is 0 Å². The zero-order valence-electron chi connectivity index (χ0n) is 9.81. The van der Waals surface area contributed by atoms with Gasteiger partial charge in [0.15, 0.2) is 0 Å². The van der Waals surface area contributed by atoms with Crippen LogP contribution >= 0.6 is 0 Å². The van der Waals surface area contributed by atoms with Gasteiger partial charge in [-0.15, -0.1) is 0 Å². The van der Waals surface area contributed by atoms with Gasteiger partial charge in [0.05, 0.1) is 0 Å². The number of carbonyl (C=O) groups is 3. The summed E-state index contributed by atoms with van der Waals surface area (Å²) in [6.07, 6.45) is 4.81. The summed E-state index contributed by atoms with van der Waals surface area (Å²) in [5.74, 6) is 0.305. The van der Waals surface area contributed by atoms with Gasteiger partial charge in [-0.05, 0) is 43.9 Å². The molecule has 0 aromatic heterocycles. The smallest absolute Gasteiger partial charge is 0.269 e. The van der Waals surface area contributed by atoms with Crippen LogP contribution in [0, 0.1) is 17.8 Å². The predicted molar refractivity (Wildman–Crippen MR) is 58.8 cm³/mol. The maximum Gasteiger partial charge on any atom is 0.331 e. The van der Waals surface area contributed by atoms with Crippen molar-refractivity contribution < 1.29 is 14.4 Å². The van der Waals surface area contributed by atoms with Crippen LogP contribution in [0.5, 0.6) is 0 Å². The minimum atomic E-state index is -0.787. The molecule has 0 unspecified atom stereocenters. The predicted octanol–water partition coefficient (Wildman–Crippen LogP) is 0.889. The summed E-state index contributed by atoms with van der Waals surface area (Å²) in [6, 6.07) is -0.695. The quantitative estimate of drug-likeness (QED) is 0.572. The number of fused-ring (bicyclic) bond motifs is 2. The molecule has 3 fully saturated rings. The number of urea groups is 1. The highest BCUT2D eigenvalue weighted by Gasteiger charge is 2.48. The summed E-state index contributed by atoms with van der Waals surface area (Å²) < 4.78 is 0. The second-order valence-corrected chi connectivity index (χ2v) is 5.51. The van der Waals surface area contributed by atoms with Gasteiger partial charge < -0.3 is 0 Å². The van der Waals surface area contributed by atoms with E-state index < -0.39 is 17.8 Å². The maximum absolute atomic E-state index is 11.6. The first-order chi connectivity index (χ1) is 8.08. The Morgan fingerprint density at radius 3 is 2.47 bits per heavy atom. The highest BCUT2D eigenvalue weighted by atomic mass is 16.2. The molecule has 17 heavy (non-hydrogen) atoms. The highest BCUT2D eigenvalue weighted by Crippen LogP contribution is 2.50. The molecule has 0 aromatic rings. The van der Waals surface area contributed by atoms with E-state index in [0.29, 0.717) is 11.8 Å². The van der Waals surface area contributed by atoms with E-state index in [1.54, 1.807) is 0 Å². The molecule has 1 heterocycles. The van der Waals surface area contributed by atoms with Crippen molar-refractivity contribution in [2.45, 2.75) is 38.6 Å². The van der Waals surface area contributed by atoms with Gasteiger partial charge in [0, 0.05) is 6.04 Å². The summed E-state index contributed by atoms with van der Waals surface area (Å²) in [6.45, 7) is 1.89. The minimum Gasteiger partial charge on any atom is -0.269 e. The molecule has 1 saturated heterocycles. The van der Waals surface area contributed by atoms with Crippen molar-refractivity contribution in [3.8, 4) is 0 Å². The van der Waals surface area contributed by atoms with Crippen LogP contribution in [0.15, 0.2) is 0 Å². The van der Waals surface area contributed by atoms with Crippen molar-refractivity contribution in [1.29, 1.82) is 0 Å². The van der Waals surface area contributed by atoms with Crippen LogP contribution in [0.25, 0.3) is 0 Å². The fourth-order valence-electron chi connectivity index (χ4n) is 3.86. The Hall–Kier alpha value is -1.39. The van der Waals surface area contributed by atoms with E-state index in [9.17, 15) is 14.4 Å². The molecule has 1 aliphatic heterocycles. The topological polar surface area (TPSA) is 66.5 Å². The molecular formula is C12H16N2O3. The van der Waals surface area contributed by atoms with E-state index in [1.807, 2.05) is 6.92 Å². The second-order valence-electron chi connectivity index (χ2n) is 5.51. The van der Waals surface area contributed by atoms with Crippen LogP contribution in [0.1, 0.15) is 32.6 Å². The lowest BCUT2D eigenvalue weighted by molar-refractivity contribution is -0.141. The van der Waals surface area contributed by atoms with E-state index in [-0.39, 0.29) is 6.04 Å². The number of nitrogens with zero attached hydrogens (tertiary/aromatic N) is 1. The van der Waals surface area contributed by atoms with Crippen molar-refractivity contribution >= 4 is 17.8 Å². The molecule has 4 amide bonds. The zero-order chi connectivity index (χ0) is 12.2. The Morgan fingerprint density at radius 1 is 1.24 bits per heavy atom. The molecule has 5 heteroatoms. The first kappa shape index (κ1) is 10.7. The Kier molecular flexibility index (Phi) is 2.24. The van der Waals surface area contributed by atoms with Crippen molar-refractivity contribution in [2.24, 2.45) is 17.8 Å². The molecule has 0 radical (unpaired) electrons. The Balaban J connectivity index is 1.78. The molecule has 3 aliphatic rings. The van der Waals surface area contributed by atoms with Crippen LogP contribution in [0.3, 0.4) is 0 Å². The van der Waals surface area contributed by atoms with Crippen LogP contribution in [-0.4, -0.2) is 28.8 Å². The maximum atomic E-state index is 11.6. The van der Waals surface area contributed by atoms with E-state index in [4.69, 9.17) is 0 Å². The zero-order valence-corrected chi connectivity index (χ0v) is 9.81. The first-order valence-electron chi connectivity index (χ1n) is 6.26. The number of rotatable bonds is 2. The molecule has 2 bridgehead atoms. The Labute approximate surface area is 99.5 Å². The van der Waals surface area contributed by atoms with Crippen LogP contribution in [0.2, 0.25) is 0 Å². The first-order valence-corrected chi connectivity index (χ1v) is 6.26. The summed E-state index contributed by atoms with van der Waals surface area (Å²) in [5.41, 5.74) is 0. The molecule has 1 N–H and O–H groups in total. The van der Waals surface area contributed by atoms with Gasteiger partial charge >= 0.3 is 17.8 Å². The second kappa shape index (κ2) is 3.55. The molecule has 2 saturated carbocycles. The Morgan fingerprint density at radius 2 is 2.00 bits per heavy atom. The lowest BCUT2D eigenvalue weighted by Gasteiger charge is -2.32. The van der Waals surface area contributed by atoms with E-state index >= 15 is 0 Å². The standard InChI is InChI=1S/C12H16N2O3/c1-6(9-5-7-2-3-8(9)4-7)14-11(16)10(15)13-12(14)17/h6-9H,2-5H2,1H3,(H,13,15,17)/t6-,7-,8-,9+/m0/s1. The molecule has 2 aliphatic carbocycles. The van der Waals surface area contributed by atoms with E-state index in [0.717, 1.165) is 17.2 Å². The van der Waals surface area contributed by atoms with E-state index in [1.165, 1.54) is 19.3 Å². The van der Waals surface area contributed by atoms with Gasteiger partial charge in [0.25, 0.3) is 0 Å². The number of amides is 4. The summed E-state index contributed by atoms with van der Waals surface area (Å²) in [4.78, 5) is 35.5.